The monoisotopic (exact) mass is 1230 g/mol. The number of thiophene rings is 2. The summed E-state index contributed by atoms with van der Waals surface area (Å²) >= 11 is 3.71. The molecule has 4 heterocycles. The first kappa shape index (κ1) is 56.2. The van der Waals surface area contributed by atoms with Gasteiger partial charge in [-0.05, 0) is 185 Å². The van der Waals surface area contributed by atoms with E-state index in [4.69, 9.17) is 0 Å². The molecule has 0 N–H and O–H groups in total. The van der Waals surface area contributed by atoms with Crippen molar-refractivity contribution >= 4 is 98.5 Å². The predicted octanol–water partition coefficient (Wildman–Crippen LogP) is 25.5. The lowest BCUT2D eigenvalue weighted by molar-refractivity contribution is 1.29. The molecular formula is C88H58N4S2. The third-order valence-electron chi connectivity index (χ3n) is 18.1. The molecule has 0 bridgehead atoms. The van der Waals surface area contributed by atoms with E-state index in [9.17, 15) is 0 Å². The van der Waals surface area contributed by atoms with Crippen LogP contribution in [0.2, 0.25) is 0 Å². The number of hydrogen-bond donors (Lipinski definition) is 0. The van der Waals surface area contributed by atoms with E-state index in [1.54, 1.807) is 0 Å². The molecule has 13 aromatic carbocycles. The fourth-order valence-electron chi connectivity index (χ4n) is 13.8. The number of pyridine rings is 2. The van der Waals surface area contributed by atoms with Crippen LogP contribution in [-0.2, 0) is 0 Å². The molecule has 0 aliphatic rings. The highest BCUT2D eigenvalue weighted by atomic mass is 32.1. The average molecular weight is 1240 g/mol. The third-order valence-corrected chi connectivity index (χ3v) is 20.5. The van der Waals surface area contributed by atoms with Crippen LogP contribution in [0.1, 0.15) is 0 Å². The lowest BCUT2D eigenvalue weighted by atomic mass is 9.86. The van der Waals surface area contributed by atoms with Crippen molar-refractivity contribution in [2.45, 2.75) is 0 Å². The van der Waals surface area contributed by atoms with Gasteiger partial charge < -0.3 is 9.80 Å². The molecule has 94 heavy (non-hydrogen) atoms. The van der Waals surface area contributed by atoms with Crippen LogP contribution in [0.15, 0.2) is 352 Å². The fourth-order valence-corrected chi connectivity index (χ4v) is 16.3. The Bertz CT molecular complexity index is 5170. The summed E-state index contributed by atoms with van der Waals surface area (Å²) in [5, 5.41) is 7.28. The van der Waals surface area contributed by atoms with E-state index in [0.717, 1.165) is 67.5 Å². The molecule has 0 spiro atoms. The lowest BCUT2D eigenvalue weighted by Crippen LogP contribution is -2.10. The van der Waals surface area contributed by atoms with Crippen LogP contribution >= 0.6 is 22.7 Å². The number of hydrogen-bond acceptors (Lipinski definition) is 6. The molecule has 6 heteroatoms. The second kappa shape index (κ2) is 24.4. The predicted molar refractivity (Wildman–Crippen MR) is 401 cm³/mol. The van der Waals surface area contributed by atoms with E-state index in [-0.39, 0.29) is 0 Å². The molecule has 0 unspecified atom stereocenters. The standard InChI is InChI=1S/C88H58N4S2/c1-5-19-61(20-6-1)85-79-45-43-73(57-81(79)93-87(85)65-23-9-3-10-24-65)91(71-29-17-27-67(55-71)59-47-51-89-52-48-59)69-39-35-63(36-40-69)83-75-31-13-15-33-77(75)84(78-34-16-14-32-76(78)83)64-37-41-70(42-38-64)92(72-30-18-28-68(56-72)60-49-53-90-54-50-60)74-44-46-80-82(58-74)94-88(66-25-11-4-12-26-66)86(80)62-21-7-2-8-22-62/h1-58H. The van der Waals surface area contributed by atoms with Gasteiger partial charge in [-0.15, -0.1) is 22.7 Å². The van der Waals surface area contributed by atoms with E-state index < -0.39 is 0 Å². The van der Waals surface area contributed by atoms with Gasteiger partial charge in [-0.3, -0.25) is 9.97 Å². The van der Waals surface area contributed by atoms with Gasteiger partial charge in [0.25, 0.3) is 0 Å². The van der Waals surface area contributed by atoms with Crippen LogP contribution in [0.5, 0.6) is 0 Å². The van der Waals surface area contributed by atoms with Crippen molar-refractivity contribution in [1.82, 2.24) is 9.97 Å². The third kappa shape index (κ3) is 10.4. The van der Waals surface area contributed by atoms with Gasteiger partial charge >= 0.3 is 0 Å². The minimum atomic E-state index is 1.06. The minimum absolute atomic E-state index is 1.06. The molecule has 0 amide bonds. The molecule has 4 nitrogen and oxygen atoms in total. The van der Waals surface area contributed by atoms with Gasteiger partial charge in [0, 0.05) is 100.0 Å². The summed E-state index contributed by atoms with van der Waals surface area (Å²) < 4.78 is 2.45. The van der Waals surface area contributed by atoms with Gasteiger partial charge in [0.1, 0.15) is 0 Å². The molecule has 0 fully saturated rings. The molecule has 0 radical (unpaired) electrons. The van der Waals surface area contributed by atoms with Crippen LogP contribution in [0.25, 0.3) is 129 Å². The van der Waals surface area contributed by atoms with Crippen LogP contribution in [-0.4, -0.2) is 9.97 Å². The van der Waals surface area contributed by atoms with Crippen LogP contribution in [0.3, 0.4) is 0 Å². The first-order valence-corrected chi connectivity index (χ1v) is 33.4. The van der Waals surface area contributed by atoms with Gasteiger partial charge in [-0.25, -0.2) is 0 Å². The summed E-state index contributed by atoms with van der Waals surface area (Å²) in [4.78, 5) is 16.0. The minimum Gasteiger partial charge on any atom is -0.310 e. The number of anilines is 6. The molecule has 442 valence electrons. The highest BCUT2D eigenvalue weighted by molar-refractivity contribution is 7.23. The fraction of sp³-hybridized carbons (Fsp3) is 0. The summed E-state index contributed by atoms with van der Waals surface area (Å²) in [5.74, 6) is 0. The second-order valence-corrected chi connectivity index (χ2v) is 25.7. The molecule has 0 atom stereocenters. The number of benzene rings is 13. The van der Waals surface area contributed by atoms with Crippen molar-refractivity contribution in [1.29, 1.82) is 0 Å². The molecule has 0 aliphatic heterocycles. The van der Waals surface area contributed by atoms with Crippen molar-refractivity contribution in [3.05, 3.63) is 352 Å². The quantitative estimate of drug-likeness (QED) is 0.102. The van der Waals surface area contributed by atoms with Crippen LogP contribution in [0, 0.1) is 0 Å². The van der Waals surface area contributed by atoms with E-state index in [1.165, 1.54) is 96.0 Å². The highest BCUT2D eigenvalue weighted by Crippen LogP contribution is 2.51. The molecule has 0 saturated carbocycles. The summed E-state index contributed by atoms with van der Waals surface area (Å²) in [6.45, 7) is 0. The first-order valence-electron chi connectivity index (χ1n) is 31.7. The average Bonchev–Trinajstić information content (AvgIpc) is 1.11. The number of nitrogens with zero attached hydrogens (tertiary/aromatic N) is 4. The Labute approximate surface area is 554 Å². The van der Waals surface area contributed by atoms with Crippen molar-refractivity contribution in [2.24, 2.45) is 0 Å². The summed E-state index contributed by atoms with van der Waals surface area (Å²) in [7, 11) is 0. The second-order valence-electron chi connectivity index (χ2n) is 23.6. The lowest BCUT2D eigenvalue weighted by Gasteiger charge is -2.27. The summed E-state index contributed by atoms with van der Waals surface area (Å²) in [5.41, 5.74) is 23.0. The Balaban J connectivity index is 0.774. The summed E-state index contributed by atoms with van der Waals surface area (Å²) in [6, 6.07) is 120. The number of rotatable bonds is 14. The smallest absolute Gasteiger partial charge is 0.0476 e. The molecule has 17 aromatic rings. The van der Waals surface area contributed by atoms with Crippen molar-refractivity contribution in [2.75, 3.05) is 9.80 Å². The van der Waals surface area contributed by atoms with E-state index >= 15 is 0 Å². The first-order chi connectivity index (χ1) is 46.6. The zero-order valence-electron chi connectivity index (χ0n) is 51.1. The zero-order valence-corrected chi connectivity index (χ0v) is 52.7. The van der Waals surface area contributed by atoms with Gasteiger partial charge in [-0.2, -0.15) is 0 Å². The number of aromatic nitrogens is 2. The molecule has 4 aromatic heterocycles. The van der Waals surface area contributed by atoms with Gasteiger partial charge in [0.15, 0.2) is 0 Å². The SMILES string of the molecule is c1ccc(-c2sc3cc(N(c4ccc(-c5c6ccccc6c(-c6ccc(N(c7cccc(-c8ccncc8)c7)c7ccc8c(-c9ccccc9)c(-c9ccccc9)sc8c7)cc6)c6ccccc56)cc4)c4cccc(-c5ccncc5)c4)ccc3c2-c2ccccc2)cc1. The Hall–Kier alpha value is -11.8. The van der Waals surface area contributed by atoms with Crippen LogP contribution < -0.4 is 9.80 Å². The molecule has 0 aliphatic carbocycles. The Kier molecular flexibility index (Phi) is 14.6. The maximum atomic E-state index is 4.34. The van der Waals surface area contributed by atoms with E-state index in [1.807, 2.05) is 47.5 Å². The Morgan fingerprint density at radius 1 is 0.191 bits per heavy atom. The topological polar surface area (TPSA) is 32.3 Å². The molecule has 0 saturated heterocycles. The van der Waals surface area contributed by atoms with Crippen LogP contribution in [0.4, 0.5) is 34.1 Å². The van der Waals surface area contributed by atoms with Gasteiger partial charge in [0.2, 0.25) is 0 Å². The van der Waals surface area contributed by atoms with Crippen molar-refractivity contribution in [3.8, 4) is 87.6 Å². The van der Waals surface area contributed by atoms with E-state index in [0.29, 0.717) is 0 Å². The summed E-state index contributed by atoms with van der Waals surface area (Å²) in [6.07, 6.45) is 7.46. The highest BCUT2D eigenvalue weighted by Gasteiger charge is 2.24. The molecule has 17 rings (SSSR count). The largest absolute Gasteiger partial charge is 0.310 e. The maximum absolute atomic E-state index is 4.34. The van der Waals surface area contributed by atoms with E-state index in [2.05, 4.69) is 347 Å². The normalized spacial score (nSPS) is 11.4. The maximum Gasteiger partial charge on any atom is 0.0476 e. The molecular weight excluding hydrogens is 1180 g/mol. The Morgan fingerprint density at radius 3 is 0.851 bits per heavy atom. The Morgan fingerprint density at radius 2 is 0.489 bits per heavy atom. The van der Waals surface area contributed by atoms with Crippen molar-refractivity contribution in [3.63, 3.8) is 0 Å². The van der Waals surface area contributed by atoms with Crippen molar-refractivity contribution < 1.29 is 0 Å². The zero-order chi connectivity index (χ0) is 62.3. The van der Waals surface area contributed by atoms with Gasteiger partial charge in [-0.1, -0.05) is 231 Å². The van der Waals surface area contributed by atoms with Gasteiger partial charge in [0.05, 0.1) is 0 Å². The number of fused-ring (bicyclic) bond motifs is 4.